The van der Waals surface area contributed by atoms with Crippen molar-refractivity contribution in [1.29, 1.82) is 0 Å². The standard InChI is InChI=1S/C7H16N2.C6H10N2/c8-4-3-7-9-5-1-2-6-9;1-6(7)4-2-3-5-8-6/h1-8H2;2-5,8H,7H2,1H3. The fourth-order valence-electron chi connectivity index (χ4n) is 1.91. The van der Waals surface area contributed by atoms with Gasteiger partial charge in [-0.15, -0.1) is 0 Å². The summed E-state index contributed by atoms with van der Waals surface area (Å²) in [5.41, 5.74) is 10.7. The molecule has 0 saturated carbocycles. The van der Waals surface area contributed by atoms with E-state index in [2.05, 4.69) is 10.2 Å². The quantitative estimate of drug-likeness (QED) is 0.679. The second kappa shape index (κ2) is 7.48. The molecule has 2 aliphatic rings. The van der Waals surface area contributed by atoms with Crippen LogP contribution in [-0.2, 0) is 0 Å². The van der Waals surface area contributed by atoms with Gasteiger partial charge in [-0.1, -0.05) is 6.08 Å². The molecule has 4 nitrogen and oxygen atoms in total. The Labute approximate surface area is 105 Å². The molecule has 1 unspecified atom stereocenters. The van der Waals surface area contributed by atoms with Crippen LogP contribution < -0.4 is 16.8 Å². The molecule has 1 fully saturated rings. The van der Waals surface area contributed by atoms with Gasteiger partial charge in [-0.2, -0.15) is 0 Å². The lowest BCUT2D eigenvalue weighted by molar-refractivity contribution is 0.336. The highest BCUT2D eigenvalue weighted by Crippen LogP contribution is 2.06. The van der Waals surface area contributed by atoms with Crippen molar-refractivity contribution in [2.24, 2.45) is 11.5 Å². The maximum absolute atomic E-state index is 5.63. The zero-order chi connectivity index (χ0) is 12.6. The molecule has 2 heterocycles. The van der Waals surface area contributed by atoms with E-state index in [1.54, 1.807) is 0 Å². The summed E-state index contributed by atoms with van der Waals surface area (Å²) in [6.07, 6.45) is 11.5. The maximum atomic E-state index is 5.63. The molecule has 1 saturated heterocycles. The van der Waals surface area contributed by atoms with Gasteiger partial charge in [-0.25, -0.2) is 0 Å². The van der Waals surface area contributed by atoms with E-state index in [1.165, 1.54) is 38.9 Å². The topological polar surface area (TPSA) is 67.3 Å². The van der Waals surface area contributed by atoms with Crippen molar-refractivity contribution in [1.82, 2.24) is 10.2 Å². The Kier molecular flexibility index (Phi) is 6.26. The van der Waals surface area contributed by atoms with Crippen LogP contribution in [-0.4, -0.2) is 36.7 Å². The van der Waals surface area contributed by atoms with Crippen molar-refractivity contribution in [3.63, 3.8) is 0 Å². The third-order valence-corrected chi connectivity index (χ3v) is 2.92. The molecule has 0 aliphatic carbocycles. The summed E-state index contributed by atoms with van der Waals surface area (Å²) < 4.78 is 0. The summed E-state index contributed by atoms with van der Waals surface area (Å²) in [6.45, 7) is 6.58. The van der Waals surface area contributed by atoms with Crippen molar-refractivity contribution in [2.75, 3.05) is 26.2 Å². The summed E-state index contributed by atoms with van der Waals surface area (Å²) in [5.74, 6) is 0. The molecule has 0 aromatic heterocycles. The number of nitrogens with zero attached hydrogens (tertiary/aromatic N) is 1. The van der Waals surface area contributed by atoms with Gasteiger partial charge in [-0.3, -0.25) is 0 Å². The summed E-state index contributed by atoms with van der Waals surface area (Å²) in [6, 6.07) is 0. The third kappa shape index (κ3) is 6.46. The molecular formula is C13H26N4. The lowest BCUT2D eigenvalue weighted by atomic mass is 10.2. The van der Waals surface area contributed by atoms with Crippen LogP contribution >= 0.6 is 0 Å². The number of rotatable bonds is 3. The molecule has 5 N–H and O–H groups in total. The highest BCUT2D eigenvalue weighted by Gasteiger charge is 2.11. The van der Waals surface area contributed by atoms with E-state index < -0.39 is 0 Å². The second-order valence-electron chi connectivity index (χ2n) is 4.84. The Morgan fingerprint density at radius 1 is 1.29 bits per heavy atom. The smallest absolute Gasteiger partial charge is 0.102 e. The Balaban J connectivity index is 0.000000171. The fraction of sp³-hybridized carbons (Fsp3) is 0.692. The van der Waals surface area contributed by atoms with Gasteiger partial charge in [0.2, 0.25) is 0 Å². The van der Waals surface area contributed by atoms with E-state index in [0.29, 0.717) is 0 Å². The Morgan fingerprint density at radius 3 is 2.41 bits per heavy atom. The lowest BCUT2D eigenvalue weighted by Gasteiger charge is -2.22. The van der Waals surface area contributed by atoms with Gasteiger partial charge in [-0.05, 0) is 70.7 Å². The summed E-state index contributed by atoms with van der Waals surface area (Å²) in [4.78, 5) is 2.49. The summed E-state index contributed by atoms with van der Waals surface area (Å²) in [5, 5.41) is 2.97. The number of hydrogen-bond acceptors (Lipinski definition) is 4. The normalized spacial score (nSPS) is 27.5. The number of nitrogens with two attached hydrogens (primary N) is 2. The molecule has 2 aliphatic heterocycles. The van der Waals surface area contributed by atoms with Crippen molar-refractivity contribution < 1.29 is 0 Å². The van der Waals surface area contributed by atoms with Gasteiger partial charge >= 0.3 is 0 Å². The van der Waals surface area contributed by atoms with Crippen LogP contribution in [0, 0.1) is 0 Å². The fourth-order valence-corrected chi connectivity index (χ4v) is 1.91. The van der Waals surface area contributed by atoms with Gasteiger partial charge in [0.15, 0.2) is 0 Å². The number of hydrogen-bond donors (Lipinski definition) is 3. The first kappa shape index (κ1) is 14.2. The molecule has 0 spiro atoms. The van der Waals surface area contributed by atoms with E-state index >= 15 is 0 Å². The van der Waals surface area contributed by atoms with Crippen LogP contribution in [0.3, 0.4) is 0 Å². The van der Waals surface area contributed by atoms with E-state index in [0.717, 1.165) is 6.54 Å². The third-order valence-electron chi connectivity index (χ3n) is 2.92. The zero-order valence-corrected chi connectivity index (χ0v) is 10.9. The first-order valence-electron chi connectivity index (χ1n) is 6.47. The zero-order valence-electron chi connectivity index (χ0n) is 10.9. The summed E-state index contributed by atoms with van der Waals surface area (Å²) >= 11 is 0. The van der Waals surface area contributed by atoms with Gasteiger partial charge < -0.3 is 21.7 Å². The van der Waals surface area contributed by atoms with Gasteiger partial charge in [0.25, 0.3) is 0 Å². The Morgan fingerprint density at radius 2 is 2.00 bits per heavy atom. The van der Waals surface area contributed by atoms with Crippen LogP contribution in [0.5, 0.6) is 0 Å². The summed E-state index contributed by atoms with van der Waals surface area (Å²) in [7, 11) is 0. The number of nitrogens with one attached hydrogen (secondary N) is 1. The first-order chi connectivity index (χ1) is 8.14. The molecule has 0 aromatic carbocycles. The monoisotopic (exact) mass is 238 g/mol. The molecular weight excluding hydrogens is 212 g/mol. The van der Waals surface area contributed by atoms with Crippen molar-refractivity contribution in [2.45, 2.75) is 31.8 Å². The largest absolute Gasteiger partial charge is 0.370 e. The van der Waals surface area contributed by atoms with Gasteiger partial charge in [0.05, 0.1) is 0 Å². The molecule has 17 heavy (non-hydrogen) atoms. The van der Waals surface area contributed by atoms with Crippen LogP contribution in [0.15, 0.2) is 24.4 Å². The van der Waals surface area contributed by atoms with E-state index in [-0.39, 0.29) is 5.66 Å². The molecule has 0 amide bonds. The van der Waals surface area contributed by atoms with Crippen LogP contribution in [0.4, 0.5) is 0 Å². The molecule has 4 heteroatoms. The van der Waals surface area contributed by atoms with Crippen molar-refractivity contribution in [3.8, 4) is 0 Å². The minimum atomic E-state index is -0.339. The van der Waals surface area contributed by atoms with Gasteiger partial charge in [0.1, 0.15) is 5.66 Å². The highest BCUT2D eigenvalue weighted by molar-refractivity contribution is 5.15. The van der Waals surface area contributed by atoms with E-state index in [4.69, 9.17) is 11.5 Å². The molecule has 0 bridgehead atoms. The van der Waals surface area contributed by atoms with E-state index in [1.807, 2.05) is 31.4 Å². The van der Waals surface area contributed by atoms with Crippen molar-refractivity contribution >= 4 is 0 Å². The second-order valence-corrected chi connectivity index (χ2v) is 4.84. The molecule has 2 rings (SSSR count). The molecule has 1 atom stereocenters. The minimum Gasteiger partial charge on any atom is -0.370 e. The highest BCUT2D eigenvalue weighted by atomic mass is 15.1. The number of allylic oxidation sites excluding steroid dienone is 2. The molecule has 98 valence electrons. The minimum absolute atomic E-state index is 0.339. The average Bonchev–Trinajstić information content (AvgIpc) is 2.79. The van der Waals surface area contributed by atoms with Crippen LogP contribution in [0.2, 0.25) is 0 Å². The molecule has 0 radical (unpaired) electrons. The van der Waals surface area contributed by atoms with Crippen molar-refractivity contribution in [3.05, 3.63) is 24.4 Å². The Hall–Kier alpha value is -0.840. The predicted octanol–water partition coefficient (Wildman–Crippen LogP) is 0.765. The maximum Gasteiger partial charge on any atom is 0.102 e. The lowest BCUT2D eigenvalue weighted by Crippen LogP contribution is -2.46. The van der Waals surface area contributed by atoms with Crippen LogP contribution in [0.25, 0.3) is 0 Å². The van der Waals surface area contributed by atoms with Crippen LogP contribution in [0.1, 0.15) is 26.2 Å². The first-order valence-corrected chi connectivity index (χ1v) is 6.47. The molecule has 0 aromatic rings. The average molecular weight is 238 g/mol. The Bertz CT molecular complexity index is 252. The number of likely N-dealkylation sites (tertiary alicyclic amines) is 1. The van der Waals surface area contributed by atoms with Gasteiger partial charge in [0, 0.05) is 0 Å². The number of dihydropyridines is 1. The van der Waals surface area contributed by atoms with E-state index in [9.17, 15) is 0 Å². The SMILES string of the molecule is CC1(N)C=CC=CN1.NCCCN1CCCC1. The predicted molar refractivity (Wildman–Crippen MR) is 73.4 cm³/mol.